The molecule has 0 aliphatic heterocycles. The van der Waals surface area contributed by atoms with Gasteiger partial charge in [-0.05, 0) is 12.1 Å². The highest BCUT2D eigenvalue weighted by Gasteiger charge is 2.05. The highest BCUT2D eigenvalue weighted by Crippen LogP contribution is 2.20. The molecule has 0 saturated heterocycles. The van der Waals surface area contributed by atoms with E-state index in [0.717, 1.165) is 22.8 Å². The molecule has 16 heavy (non-hydrogen) atoms. The summed E-state index contributed by atoms with van der Waals surface area (Å²) in [4.78, 5) is 13.9. The van der Waals surface area contributed by atoms with Gasteiger partial charge in [0.1, 0.15) is 0 Å². The first kappa shape index (κ1) is 10.5. The Hall–Kier alpha value is -2.05. The minimum absolute atomic E-state index is 0.0522. The number of H-pyrrole nitrogens is 1. The summed E-state index contributed by atoms with van der Waals surface area (Å²) >= 11 is 0. The topological polar surface area (TPSA) is 53.1 Å². The second-order valence-corrected chi connectivity index (χ2v) is 3.37. The molecule has 0 bridgehead atoms. The number of aliphatic hydroxyl groups is 1. The Morgan fingerprint density at radius 3 is 3.06 bits per heavy atom. The molecule has 0 aliphatic rings. The molecule has 2 N–H and O–H groups in total. The average Bonchev–Trinajstić information content (AvgIpc) is 2.73. The minimum atomic E-state index is 0.0522. The lowest BCUT2D eigenvalue weighted by Crippen LogP contribution is -1.82. The average molecular weight is 213 g/mol. The lowest BCUT2D eigenvalue weighted by Gasteiger charge is -1.95. The molecule has 1 aromatic carbocycles. The molecular formula is C13H11NO2. The Bertz CT molecular complexity index is 572. The van der Waals surface area contributed by atoms with Crippen LogP contribution in [0.25, 0.3) is 10.9 Å². The van der Waals surface area contributed by atoms with Crippen molar-refractivity contribution in [2.24, 2.45) is 0 Å². The van der Waals surface area contributed by atoms with Crippen LogP contribution in [0.2, 0.25) is 0 Å². The quantitative estimate of drug-likeness (QED) is 0.589. The van der Waals surface area contributed by atoms with Gasteiger partial charge in [-0.1, -0.05) is 17.9 Å². The van der Waals surface area contributed by atoms with Crippen LogP contribution in [0.5, 0.6) is 0 Å². The smallest absolute Gasteiger partial charge is 0.152 e. The Morgan fingerprint density at radius 1 is 1.44 bits per heavy atom. The maximum Gasteiger partial charge on any atom is 0.152 e. The van der Waals surface area contributed by atoms with Crippen LogP contribution in [0.15, 0.2) is 24.4 Å². The second-order valence-electron chi connectivity index (χ2n) is 3.37. The van der Waals surface area contributed by atoms with Gasteiger partial charge in [0.15, 0.2) is 6.29 Å². The Kier molecular flexibility index (Phi) is 3.04. The Balaban J connectivity index is 2.56. The molecule has 3 nitrogen and oxygen atoms in total. The van der Waals surface area contributed by atoms with Crippen molar-refractivity contribution in [3.63, 3.8) is 0 Å². The van der Waals surface area contributed by atoms with E-state index in [1.807, 2.05) is 18.2 Å². The summed E-state index contributed by atoms with van der Waals surface area (Å²) in [5.74, 6) is 5.82. The van der Waals surface area contributed by atoms with Crippen LogP contribution in [0, 0.1) is 11.8 Å². The molecule has 0 unspecified atom stereocenters. The molecule has 1 aromatic heterocycles. The predicted octanol–water partition coefficient (Wildman–Crippen LogP) is 1.71. The lowest BCUT2D eigenvalue weighted by molar-refractivity contribution is 0.112. The highest BCUT2D eigenvalue weighted by atomic mass is 16.2. The molecule has 0 spiro atoms. The summed E-state index contributed by atoms with van der Waals surface area (Å²) in [6.45, 7) is 0.0522. The SMILES string of the molecule is O=Cc1c[nH]c2cccc(C#CCCO)c12. The fraction of sp³-hybridized carbons (Fsp3) is 0.154. The number of aromatic amines is 1. The summed E-state index contributed by atoms with van der Waals surface area (Å²) in [7, 11) is 0. The Labute approximate surface area is 93.1 Å². The number of aromatic nitrogens is 1. The zero-order chi connectivity index (χ0) is 11.4. The summed E-state index contributed by atoms with van der Waals surface area (Å²) < 4.78 is 0. The van der Waals surface area contributed by atoms with Crippen LogP contribution in [0.3, 0.4) is 0 Å². The van der Waals surface area contributed by atoms with Gasteiger partial charge in [0.05, 0.1) is 6.61 Å². The largest absolute Gasteiger partial charge is 0.395 e. The van der Waals surface area contributed by atoms with Crippen LogP contribution in [-0.2, 0) is 0 Å². The van der Waals surface area contributed by atoms with E-state index in [4.69, 9.17) is 5.11 Å². The van der Waals surface area contributed by atoms with Crippen molar-refractivity contribution in [1.29, 1.82) is 0 Å². The van der Waals surface area contributed by atoms with Gasteiger partial charge in [-0.25, -0.2) is 0 Å². The van der Waals surface area contributed by atoms with Crippen LogP contribution < -0.4 is 0 Å². The zero-order valence-electron chi connectivity index (χ0n) is 8.66. The molecule has 0 fully saturated rings. The molecule has 0 aliphatic carbocycles. The summed E-state index contributed by atoms with van der Waals surface area (Å²) in [6, 6.07) is 5.66. The molecule has 80 valence electrons. The zero-order valence-corrected chi connectivity index (χ0v) is 8.66. The number of hydrogen-bond acceptors (Lipinski definition) is 2. The van der Waals surface area contributed by atoms with Crippen molar-refractivity contribution >= 4 is 17.2 Å². The summed E-state index contributed by atoms with van der Waals surface area (Å²) in [5, 5.41) is 9.50. The molecule has 0 saturated carbocycles. The van der Waals surface area contributed by atoms with Crippen LogP contribution in [-0.4, -0.2) is 23.0 Å². The number of aldehydes is 1. The number of rotatable bonds is 2. The van der Waals surface area contributed by atoms with E-state index < -0.39 is 0 Å². The third kappa shape index (κ3) is 1.83. The Morgan fingerprint density at radius 2 is 2.31 bits per heavy atom. The van der Waals surface area contributed by atoms with Crippen molar-refractivity contribution in [2.75, 3.05) is 6.61 Å². The first-order chi connectivity index (χ1) is 7.86. The van der Waals surface area contributed by atoms with Crippen LogP contribution >= 0.6 is 0 Å². The second kappa shape index (κ2) is 4.65. The van der Waals surface area contributed by atoms with Gasteiger partial charge in [0, 0.05) is 34.6 Å². The van der Waals surface area contributed by atoms with Gasteiger partial charge < -0.3 is 10.1 Å². The van der Waals surface area contributed by atoms with E-state index in [1.54, 1.807) is 6.20 Å². The van der Waals surface area contributed by atoms with Gasteiger partial charge in [-0.2, -0.15) is 0 Å². The molecule has 1 heterocycles. The molecule has 2 aromatic rings. The first-order valence-electron chi connectivity index (χ1n) is 5.02. The van der Waals surface area contributed by atoms with Crippen LogP contribution in [0.1, 0.15) is 22.3 Å². The van der Waals surface area contributed by atoms with Crippen molar-refractivity contribution in [2.45, 2.75) is 6.42 Å². The number of fused-ring (bicyclic) bond motifs is 1. The first-order valence-corrected chi connectivity index (χ1v) is 5.02. The minimum Gasteiger partial charge on any atom is -0.395 e. The van der Waals surface area contributed by atoms with E-state index in [1.165, 1.54) is 0 Å². The van der Waals surface area contributed by atoms with E-state index in [2.05, 4.69) is 16.8 Å². The third-order valence-corrected chi connectivity index (χ3v) is 2.32. The molecule has 2 rings (SSSR count). The number of carbonyl (C=O) groups is 1. The normalized spacial score (nSPS) is 9.81. The summed E-state index contributed by atoms with van der Waals surface area (Å²) in [6.07, 6.45) is 2.93. The van der Waals surface area contributed by atoms with Gasteiger partial charge in [0.25, 0.3) is 0 Å². The maximum atomic E-state index is 10.9. The maximum absolute atomic E-state index is 10.9. The monoisotopic (exact) mass is 213 g/mol. The predicted molar refractivity (Wildman–Crippen MR) is 62.3 cm³/mol. The number of nitrogens with one attached hydrogen (secondary N) is 1. The highest BCUT2D eigenvalue weighted by molar-refractivity contribution is 6.00. The molecule has 0 atom stereocenters. The number of hydrogen-bond donors (Lipinski definition) is 2. The lowest BCUT2D eigenvalue weighted by atomic mass is 10.1. The van der Waals surface area contributed by atoms with E-state index in [0.29, 0.717) is 12.0 Å². The van der Waals surface area contributed by atoms with Crippen molar-refractivity contribution in [1.82, 2.24) is 4.98 Å². The van der Waals surface area contributed by atoms with Crippen molar-refractivity contribution < 1.29 is 9.90 Å². The van der Waals surface area contributed by atoms with Gasteiger partial charge in [-0.15, -0.1) is 0 Å². The fourth-order valence-electron chi connectivity index (χ4n) is 1.62. The van der Waals surface area contributed by atoms with Gasteiger partial charge in [0.2, 0.25) is 0 Å². The fourth-order valence-corrected chi connectivity index (χ4v) is 1.62. The van der Waals surface area contributed by atoms with Crippen molar-refractivity contribution in [3.05, 3.63) is 35.5 Å². The molecular weight excluding hydrogens is 202 g/mol. The number of benzene rings is 1. The molecule has 3 heteroatoms. The number of aliphatic hydroxyl groups excluding tert-OH is 1. The van der Waals surface area contributed by atoms with E-state index in [9.17, 15) is 4.79 Å². The number of carbonyl (C=O) groups excluding carboxylic acids is 1. The van der Waals surface area contributed by atoms with E-state index in [-0.39, 0.29) is 6.61 Å². The van der Waals surface area contributed by atoms with Gasteiger partial charge in [-0.3, -0.25) is 4.79 Å². The summed E-state index contributed by atoms with van der Waals surface area (Å²) in [5.41, 5.74) is 2.33. The van der Waals surface area contributed by atoms with Crippen molar-refractivity contribution in [3.8, 4) is 11.8 Å². The van der Waals surface area contributed by atoms with Crippen LogP contribution in [0.4, 0.5) is 0 Å². The van der Waals surface area contributed by atoms with E-state index >= 15 is 0 Å². The van der Waals surface area contributed by atoms with Gasteiger partial charge >= 0.3 is 0 Å². The molecule has 0 radical (unpaired) electrons. The third-order valence-electron chi connectivity index (χ3n) is 2.32. The molecule has 0 amide bonds. The standard InChI is InChI=1S/C13H11NO2/c15-7-2-1-4-10-5-3-6-12-13(10)11(9-16)8-14-12/h3,5-6,8-9,14-15H,2,7H2.